The van der Waals surface area contributed by atoms with Gasteiger partial charge >= 0.3 is 6.09 Å². The van der Waals surface area contributed by atoms with Crippen LogP contribution in [0.25, 0.3) is 39.0 Å². The molecule has 5 aromatic rings. The van der Waals surface area contributed by atoms with Gasteiger partial charge in [-0.25, -0.2) is 14.3 Å². The zero-order valence-corrected chi connectivity index (χ0v) is 33.9. The quantitative estimate of drug-likeness (QED) is 0.148. The number of amides is 2. The number of hydrogen-bond donors (Lipinski definition) is 2. The molecule has 0 saturated carbocycles. The predicted molar refractivity (Wildman–Crippen MR) is 216 cm³/mol. The Labute approximate surface area is 330 Å². The third-order valence-electron chi connectivity index (χ3n) is 9.26. The maximum Gasteiger partial charge on any atom is 0.410 e. The lowest BCUT2D eigenvalue weighted by atomic mass is 9.97. The van der Waals surface area contributed by atoms with Crippen LogP contribution in [0.1, 0.15) is 65.8 Å². The maximum absolute atomic E-state index is 13.4. The number of ether oxygens (including phenoxy) is 2. The third-order valence-corrected chi connectivity index (χ3v) is 10.1. The Morgan fingerprint density at radius 1 is 0.982 bits per heavy atom. The summed E-state index contributed by atoms with van der Waals surface area (Å²) in [7, 11) is 3.24. The van der Waals surface area contributed by atoms with Crippen molar-refractivity contribution in [3.63, 3.8) is 0 Å². The van der Waals surface area contributed by atoms with Gasteiger partial charge in [0.2, 0.25) is 11.8 Å². The number of methoxy groups -OCH3 is 1. The Balaban J connectivity index is 1.31. The lowest BCUT2D eigenvalue weighted by molar-refractivity contribution is -0.119. The molecular weight excluding hydrogens is 741 g/mol. The molecule has 1 fully saturated rings. The average molecular weight is 789 g/mol. The van der Waals surface area contributed by atoms with E-state index >= 15 is 0 Å². The molecule has 4 heterocycles. The highest BCUT2D eigenvalue weighted by molar-refractivity contribution is 6.39. The standard InChI is InChI=1S/C41H47Cl2N7O5/c1-40(2,3)44-20-33-47-50-22-25(19-32(50)38(52)48(33)7)27-11-9-12-28(35(27)42)29-13-10-14-30(36(29)43)31-17-15-24(37(46-31)54-8)21-49(39(53)55-41(4,5)6)23-26-16-18-34(51)45-26/h9-15,17,19,22,26,44H,16,18,20-21,23H2,1-8H3,(H,45,51)/t26-/m0/s1. The predicted octanol–water partition coefficient (Wildman–Crippen LogP) is 7.65. The first-order chi connectivity index (χ1) is 25.9. The molecule has 2 aromatic carbocycles. The normalized spacial score (nSPS) is 14.7. The summed E-state index contributed by atoms with van der Waals surface area (Å²) in [4.78, 5) is 44.9. The van der Waals surface area contributed by atoms with Crippen molar-refractivity contribution in [3.05, 3.63) is 92.6 Å². The number of fused-ring (bicyclic) bond motifs is 1. The summed E-state index contributed by atoms with van der Waals surface area (Å²) in [5.74, 6) is 0.892. The van der Waals surface area contributed by atoms with Crippen LogP contribution in [-0.4, -0.2) is 66.9 Å². The number of rotatable bonds is 10. The zero-order valence-electron chi connectivity index (χ0n) is 32.4. The van der Waals surface area contributed by atoms with E-state index in [0.29, 0.717) is 74.6 Å². The number of pyridine rings is 1. The summed E-state index contributed by atoms with van der Waals surface area (Å²) >= 11 is 14.3. The van der Waals surface area contributed by atoms with E-state index in [0.717, 1.165) is 11.1 Å². The van der Waals surface area contributed by atoms with Crippen molar-refractivity contribution >= 4 is 40.7 Å². The fourth-order valence-corrected chi connectivity index (χ4v) is 7.12. The van der Waals surface area contributed by atoms with Crippen molar-refractivity contribution in [2.24, 2.45) is 7.05 Å². The Morgan fingerprint density at radius 2 is 1.64 bits per heavy atom. The van der Waals surface area contributed by atoms with E-state index in [4.69, 9.17) is 42.8 Å². The highest BCUT2D eigenvalue weighted by atomic mass is 35.5. The summed E-state index contributed by atoms with van der Waals surface area (Å²) in [6, 6.07) is 16.6. The SMILES string of the molecule is COc1nc(-c2cccc(-c3cccc(-c4cc5c(=O)n(C)c(CNC(C)(C)C)nn5c4)c3Cl)c2Cl)ccc1CN(C[C@@H]1CCC(=O)N1)C(=O)OC(C)(C)C. The van der Waals surface area contributed by atoms with Crippen LogP contribution in [0.15, 0.2) is 65.6 Å². The molecule has 1 atom stereocenters. The largest absolute Gasteiger partial charge is 0.481 e. The molecule has 1 saturated heterocycles. The molecule has 0 unspecified atom stereocenters. The summed E-state index contributed by atoms with van der Waals surface area (Å²) < 4.78 is 14.6. The molecule has 290 valence electrons. The molecule has 0 aliphatic carbocycles. The van der Waals surface area contributed by atoms with Crippen LogP contribution in [0.3, 0.4) is 0 Å². The maximum atomic E-state index is 13.4. The second-order valence-corrected chi connectivity index (χ2v) is 16.6. The summed E-state index contributed by atoms with van der Waals surface area (Å²) in [6.45, 7) is 12.5. The van der Waals surface area contributed by atoms with Gasteiger partial charge in [0.05, 0.1) is 35.9 Å². The number of halogens is 2. The van der Waals surface area contributed by atoms with Crippen LogP contribution < -0.4 is 20.9 Å². The molecule has 2 amide bonds. The first-order valence-electron chi connectivity index (χ1n) is 18.1. The summed E-state index contributed by atoms with van der Waals surface area (Å²) in [6.07, 6.45) is 2.36. The lowest BCUT2D eigenvalue weighted by Gasteiger charge is -2.29. The lowest BCUT2D eigenvalue weighted by Crippen LogP contribution is -2.43. The first-order valence-corrected chi connectivity index (χ1v) is 18.9. The van der Waals surface area contributed by atoms with Crippen molar-refractivity contribution in [2.45, 2.75) is 84.7 Å². The van der Waals surface area contributed by atoms with E-state index in [1.807, 2.05) is 75.5 Å². The number of aromatic nitrogens is 4. The minimum Gasteiger partial charge on any atom is -0.481 e. The van der Waals surface area contributed by atoms with Gasteiger partial charge in [0.25, 0.3) is 5.56 Å². The molecule has 6 rings (SSSR count). The van der Waals surface area contributed by atoms with E-state index in [9.17, 15) is 14.4 Å². The molecular formula is C41H47Cl2N7O5. The molecule has 0 bridgehead atoms. The van der Waals surface area contributed by atoms with E-state index < -0.39 is 11.7 Å². The van der Waals surface area contributed by atoms with E-state index in [1.54, 1.807) is 27.1 Å². The highest BCUT2D eigenvalue weighted by Crippen LogP contribution is 2.42. The molecule has 1 aliphatic heterocycles. The van der Waals surface area contributed by atoms with Gasteiger partial charge in [-0.15, -0.1) is 0 Å². The van der Waals surface area contributed by atoms with Crippen molar-refractivity contribution < 1.29 is 19.1 Å². The fourth-order valence-electron chi connectivity index (χ4n) is 6.45. The van der Waals surface area contributed by atoms with Crippen LogP contribution in [0.2, 0.25) is 10.0 Å². The van der Waals surface area contributed by atoms with Crippen molar-refractivity contribution in [1.29, 1.82) is 0 Å². The monoisotopic (exact) mass is 787 g/mol. The number of benzene rings is 2. The molecule has 3 aromatic heterocycles. The highest BCUT2D eigenvalue weighted by Gasteiger charge is 2.29. The van der Waals surface area contributed by atoms with Gasteiger partial charge in [-0.05, 0) is 66.2 Å². The van der Waals surface area contributed by atoms with Crippen LogP contribution >= 0.6 is 23.2 Å². The summed E-state index contributed by atoms with van der Waals surface area (Å²) in [5.41, 5.74) is 4.15. The topological polar surface area (TPSA) is 132 Å². The average Bonchev–Trinajstić information content (AvgIpc) is 3.74. The Kier molecular flexibility index (Phi) is 11.3. The zero-order chi connectivity index (χ0) is 39.8. The van der Waals surface area contributed by atoms with Crippen LogP contribution in [-0.2, 0) is 29.7 Å². The van der Waals surface area contributed by atoms with Gasteiger partial charge in [-0.2, -0.15) is 5.10 Å². The summed E-state index contributed by atoms with van der Waals surface area (Å²) in [5, 5.41) is 12.0. The molecule has 1 aliphatic rings. The van der Waals surface area contributed by atoms with Gasteiger partial charge in [-0.3, -0.25) is 14.2 Å². The minimum atomic E-state index is -0.704. The van der Waals surface area contributed by atoms with Gasteiger partial charge in [0.15, 0.2) is 0 Å². The van der Waals surface area contributed by atoms with Crippen LogP contribution in [0.4, 0.5) is 4.79 Å². The minimum absolute atomic E-state index is 0.0358. The van der Waals surface area contributed by atoms with Crippen molar-refractivity contribution in [3.8, 4) is 39.4 Å². The fraction of sp³-hybridized carbons (Fsp3) is 0.390. The Hall–Kier alpha value is -4.91. The molecule has 2 N–H and O–H groups in total. The second-order valence-electron chi connectivity index (χ2n) is 15.8. The van der Waals surface area contributed by atoms with E-state index in [1.165, 1.54) is 7.11 Å². The van der Waals surface area contributed by atoms with Crippen LogP contribution in [0.5, 0.6) is 5.88 Å². The number of nitrogens with zero attached hydrogens (tertiary/aromatic N) is 5. The number of hydrogen-bond acceptors (Lipinski definition) is 8. The molecule has 0 spiro atoms. The second kappa shape index (κ2) is 15.7. The smallest absolute Gasteiger partial charge is 0.410 e. The first kappa shape index (κ1) is 39.8. The molecule has 55 heavy (non-hydrogen) atoms. The number of carbonyl (C=O) groups excluding carboxylic acids is 2. The van der Waals surface area contributed by atoms with Crippen LogP contribution in [0, 0.1) is 0 Å². The van der Waals surface area contributed by atoms with E-state index in [2.05, 4.69) is 31.4 Å². The molecule has 0 radical (unpaired) electrons. The van der Waals surface area contributed by atoms with Crippen molar-refractivity contribution in [1.82, 2.24) is 34.7 Å². The Bertz CT molecular complexity index is 2320. The van der Waals surface area contributed by atoms with Gasteiger partial charge in [0.1, 0.15) is 16.9 Å². The number of nitrogens with one attached hydrogen (secondary N) is 2. The van der Waals surface area contributed by atoms with Gasteiger partial charge in [0, 0.05) is 71.2 Å². The third kappa shape index (κ3) is 8.98. The van der Waals surface area contributed by atoms with Crippen molar-refractivity contribution in [2.75, 3.05) is 13.7 Å². The molecule has 14 heteroatoms. The molecule has 12 nitrogen and oxygen atoms in total. The number of carbonyl (C=O) groups is 2. The van der Waals surface area contributed by atoms with Gasteiger partial charge < -0.3 is 25.0 Å². The van der Waals surface area contributed by atoms with E-state index in [-0.39, 0.29) is 36.1 Å². The Morgan fingerprint density at radius 3 is 2.25 bits per heavy atom. The van der Waals surface area contributed by atoms with Gasteiger partial charge in [-0.1, -0.05) is 59.6 Å².